The summed E-state index contributed by atoms with van der Waals surface area (Å²) in [6.07, 6.45) is 2.66. The quantitative estimate of drug-likeness (QED) is 0.776. The van der Waals surface area contributed by atoms with Crippen LogP contribution in [0.4, 0.5) is 0 Å². The Labute approximate surface area is 101 Å². The number of carboxylic acid groups (broad SMARTS) is 1. The van der Waals surface area contributed by atoms with E-state index in [0.29, 0.717) is 19.5 Å². The summed E-state index contributed by atoms with van der Waals surface area (Å²) < 4.78 is 0. The van der Waals surface area contributed by atoms with Gasteiger partial charge in [0.25, 0.3) is 0 Å². The minimum absolute atomic E-state index is 0.144. The highest BCUT2D eigenvalue weighted by Gasteiger charge is 2.38. The molecule has 1 N–H and O–H groups in total. The molecule has 0 aromatic heterocycles. The predicted octanol–water partition coefficient (Wildman–Crippen LogP) is 0.405. The maximum atomic E-state index is 11.8. The lowest BCUT2D eigenvalue weighted by atomic mass is 9.82. The number of piperidine rings is 1. The zero-order valence-corrected chi connectivity index (χ0v) is 10.3. The van der Waals surface area contributed by atoms with Crippen LogP contribution in [0.3, 0.4) is 0 Å². The molecule has 2 fully saturated rings. The van der Waals surface area contributed by atoms with Gasteiger partial charge in [0.1, 0.15) is 0 Å². The number of hydrogen-bond acceptors (Lipinski definition) is 3. The van der Waals surface area contributed by atoms with Crippen molar-refractivity contribution in [3.63, 3.8) is 0 Å². The van der Waals surface area contributed by atoms with Crippen LogP contribution in [-0.4, -0.2) is 59.5 Å². The number of aliphatic carboxylic acids is 1. The molecule has 2 aliphatic heterocycles. The summed E-state index contributed by atoms with van der Waals surface area (Å²) in [4.78, 5) is 26.8. The molecule has 0 saturated carbocycles. The Hall–Kier alpha value is -1.10. The van der Waals surface area contributed by atoms with Crippen LogP contribution >= 0.6 is 0 Å². The molecule has 0 spiro atoms. The first-order chi connectivity index (χ1) is 8.01. The summed E-state index contributed by atoms with van der Waals surface area (Å²) in [5, 5.41) is 9.19. The highest BCUT2D eigenvalue weighted by molar-refractivity contribution is 5.79. The average molecular weight is 240 g/mol. The second-order valence-corrected chi connectivity index (χ2v) is 5.41. The Morgan fingerprint density at radius 3 is 2.47 bits per heavy atom. The van der Waals surface area contributed by atoms with Crippen molar-refractivity contribution in [2.45, 2.75) is 26.2 Å². The van der Waals surface area contributed by atoms with E-state index in [4.69, 9.17) is 0 Å². The lowest BCUT2D eigenvalue weighted by Crippen LogP contribution is -2.52. The van der Waals surface area contributed by atoms with Gasteiger partial charge in [-0.3, -0.25) is 14.5 Å². The van der Waals surface area contributed by atoms with Crippen LogP contribution < -0.4 is 0 Å². The minimum atomic E-state index is -0.751. The van der Waals surface area contributed by atoms with Crippen molar-refractivity contribution in [2.24, 2.45) is 5.41 Å². The molecule has 5 nitrogen and oxygen atoms in total. The second-order valence-electron chi connectivity index (χ2n) is 5.41. The summed E-state index contributed by atoms with van der Waals surface area (Å²) >= 11 is 0. The number of amides is 1. The number of hydrogen-bond donors (Lipinski definition) is 1. The minimum Gasteiger partial charge on any atom is -0.481 e. The van der Waals surface area contributed by atoms with Gasteiger partial charge in [-0.1, -0.05) is 0 Å². The normalized spacial score (nSPS) is 29.8. The number of nitrogens with zero attached hydrogens (tertiary/aromatic N) is 2. The SMILES string of the molecule is CC1(C(=O)O)CCCN(CC(=O)N2CCC2)C1. The van der Waals surface area contributed by atoms with Gasteiger partial charge in [-0.25, -0.2) is 0 Å². The maximum absolute atomic E-state index is 11.8. The molecule has 96 valence electrons. The number of carboxylic acids is 1. The van der Waals surface area contributed by atoms with Crippen LogP contribution in [-0.2, 0) is 9.59 Å². The number of carbonyl (C=O) groups excluding carboxylic acids is 1. The van der Waals surface area contributed by atoms with Crippen molar-refractivity contribution in [3.8, 4) is 0 Å². The molecule has 2 saturated heterocycles. The Balaban J connectivity index is 1.88. The van der Waals surface area contributed by atoms with E-state index in [-0.39, 0.29) is 5.91 Å². The van der Waals surface area contributed by atoms with Gasteiger partial charge in [-0.05, 0) is 32.7 Å². The fourth-order valence-electron chi connectivity index (χ4n) is 2.51. The van der Waals surface area contributed by atoms with E-state index in [9.17, 15) is 14.7 Å². The van der Waals surface area contributed by atoms with Crippen molar-refractivity contribution >= 4 is 11.9 Å². The number of likely N-dealkylation sites (tertiary alicyclic amines) is 2. The van der Waals surface area contributed by atoms with Crippen LogP contribution in [0, 0.1) is 5.41 Å². The summed E-state index contributed by atoms with van der Waals surface area (Å²) in [5.41, 5.74) is -0.687. The second kappa shape index (κ2) is 4.64. The van der Waals surface area contributed by atoms with E-state index < -0.39 is 11.4 Å². The molecule has 2 heterocycles. The summed E-state index contributed by atoms with van der Waals surface area (Å²) in [6.45, 7) is 5.20. The Morgan fingerprint density at radius 1 is 1.24 bits per heavy atom. The molecular weight excluding hydrogens is 220 g/mol. The smallest absolute Gasteiger partial charge is 0.310 e. The van der Waals surface area contributed by atoms with Crippen molar-refractivity contribution in [1.82, 2.24) is 9.80 Å². The summed E-state index contributed by atoms with van der Waals surface area (Å²) in [7, 11) is 0. The fourth-order valence-corrected chi connectivity index (χ4v) is 2.51. The van der Waals surface area contributed by atoms with Gasteiger partial charge in [0.15, 0.2) is 0 Å². The summed E-state index contributed by atoms with van der Waals surface area (Å²) in [5.74, 6) is -0.607. The van der Waals surface area contributed by atoms with E-state index >= 15 is 0 Å². The van der Waals surface area contributed by atoms with E-state index in [1.165, 1.54) is 0 Å². The Bertz CT molecular complexity index is 328. The van der Waals surface area contributed by atoms with Gasteiger partial charge in [0, 0.05) is 19.6 Å². The zero-order valence-electron chi connectivity index (χ0n) is 10.3. The molecule has 0 aromatic carbocycles. The molecular formula is C12H20N2O3. The van der Waals surface area contributed by atoms with E-state index in [1.54, 1.807) is 6.92 Å². The molecule has 2 aliphatic rings. The molecule has 1 atom stereocenters. The van der Waals surface area contributed by atoms with Crippen LogP contribution in [0.1, 0.15) is 26.2 Å². The lowest BCUT2D eigenvalue weighted by molar-refractivity contribution is -0.152. The van der Waals surface area contributed by atoms with Crippen molar-refractivity contribution in [3.05, 3.63) is 0 Å². The van der Waals surface area contributed by atoms with Gasteiger partial charge in [-0.2, -0.15) is 0 Å². The maximum Gasteiger partial charge on any atom is 0.310 e. The fraction of sp³-hybridized carbons (Fsp3) is 0.833. The van der Waals surface area contributed by atoms with Gasteiger partial charge >= 0.3 is 5.97 Å². The third-order valence-electron chi connectivity index (χ3n) is 3.86. The molecule has 1 unspecified atom stereocenters. The first kappa shape index (κ1) is 12.4. The van der Waals surface area contributed by atoms with Crippen molar-refractivity contribution in [1.29, 1.82) is 0 Å². The number of rotatable bonds is 3. The van der Waals surface area contributed by atoms with Gasteiger partial charge < -0.3 is 10.0 Å². The standard InChI is InChI=1S/C12H20N2O3/c1-12(11(16)17)4-2-5-13(9-12)8-10(15)14-6-3-7-14/h2-9H2,1H3,(H,16,17). The van der Waals surface area contributed by atoms with Gasteiger partial charge in [0.05, 0.1) is 12.0 Å². The van der Waals surface area contributed by atoms with E-state index in [1.807, 2.05) is 9.80 Å². The van der Waals surface area contributed by atoms with Crippen molar-refractivity contribution < 1.29 is 14.7 Å². The van der Waals surface area contributed by atoms with Crippen LogP contribution in [0.15, 0.2) is 0 Å². The Kier molecular flexibility index (Phi) is 3.38. The molecule has 5 heteroatoms. The highest BCUT2D eigenvalue weighted by Crippen LogP contribution is 2.29. The molecule has 0 bridgehead atoms. The molecule has 0 aromatic rings. The monoisotopic (exact) mass is 240 g/mol. The molecule has 17 heavy (non-hydrogen) atoms. The van der Waals surface area contributed by atoms with Crippen LogP contribution in [0.2, 0.25) is 0 Å². The third kappa shape index (κ3) is 2.60. The predicted molar refractivity (Wildman–Crippen MR) is 62.6 cm³/mol. The van der Waals surface area contributed by atoms with E-state index in [2.05, 4.69) is 0 Å². The largest absolute Gasteiger partial charge is 0.481 e. The molecule has 2 rings (SSSR count). The first-order valence-corrected chi connectivity index (χ1v) is 6.25. The lowest BCUT2D eigenvalue weighted by Gasteiger charge is -2.39. The average Bonchev–Trinajstić information content (AvgIpc) is 2.14. The van der Waals surface area contributed by atoms with Gasteiger partial charge in [0.2, 0.25) is 5.91 Å². The third-order valence-corrected chi connectivity index (χ3v) is 3.86. The zero-order chi connectivity index (χ0) is 12.5. The highest BCUT2D eigenvalue weighted by atomic mass is 16.4. The van der Waals surface area contributed by atoms with Gasteiger partial charge in [-0.15, -0.1) is 0 Å². The van der Waals surface area contributed by atoms with Crippen LogP contribution in [0.5, 0.6) is 0 Å². The van der Waals surface area contributed by atoms with E-state index in [0.717, 1.165) is 32.5 Å². The molecule has 0 aliphatic carbocycles. The Morgan fingerprint density at radius 2 is 1.94 bits per heavy atom. The van der Waals surface area contributed by atoms with Crippen molar-refractivity contribution in [2.75, 3.05) is 32.7 Å². The molecule has 1 amide bonds. The summed E-state index contributed by atoms with van der Waals surface area (Å²) in [6, 6.07) is 0. The van der Waals surface area contributed by atoms with Crippen LogP contribution in [0.25, 0.3) is 0 Å². The molecule has 0 radical (unpaired) electrons. The first-order valence-electron chi connectivity index (χ1n) is 6.25. The topological polar surface area (TPSA) is 60.9 Å². The number of carbonyl (C=O) groups is 2.